The van der Waals surface area contributed by atoms with Crippen molar-refractivity contribution in [1.82, 2.24) is 10.2 Å². The lowest BCUT2D eigenvalue weighted by atomic mass is 10.1. The second-order valence-electron chi connectivity index (χ2n) is 7.02. The number of hydrogen-bond acceptors (Lipinski definition) is 2. The van der Waals surface area contributed by atoms with Gasteiger partial charge in [-0.05, 0) is 37.0 Å². The molecule has 0 heterocycles. The Morgan fingerprint density at radius 3 is 2.25 bits per heavy atom. The molecule has 2 aromatic carbocycles. The van der Waals surface area contributed by atoms with Crippen LogP contribution in [0, 0.1) is 5.82 Å². The Labute approximate surface area is 166 Å². The molecule has 4 nitrogen and oxygen atoms in total. The maximum Gasteiger partial charge on any atom is 0.243 e. The van der Waals surface area contributed by atoms with Gasteiger partial charge in [-0.2, -0.15) is 0 Å². The number of carbonyl (C=O) groups excluding carboxylic acids is 2. The first kappa shape index (κ1) is 21.6. The van der Waals surface area contributed by atoms with E-state index in [0.717, 1.165) is 12.0 Å². The lowest BCUT2D eigenvalue weighted by Gasteiger charge is -2.31. The van der Waals surface area contributed by atoms with Crippen LogP contribution in [0.5, 0.6) is 0 Å². The molecule has 0 saturated heterocycles. The Morgan fingerprint density at radius 1 is 1.00 bits per heavy atom. The fourth-order valence-corrected chi connectivity index (χ4v) is 3.05. The van der Waals surface area contributed by atoms with Gasteiger partial charge < -0.3 is 10.2 Å². The van der Waals surface area contributed by atoms with Crippen molar-refractivity contribution in [3.63, 3.8) is 0 Å². The zero-order valence-corrected chi connectivity index (χ0v) is 16.8. The summed E-state index contributed by atoms with van der Waals surface area (Å²) >= 11 is 0. The molecule has 2 aromatic rings. The van der Waals surface area contributed by atoms with Gasteiger partial charge in [-0.15, -0.1) is 0 Å². The fraction of sp³-hybridized carbons (Fsp3) is 0.391. The summed E-state index contributed by atoms with van der Waals surface area (Å²) in [6.45, 7) is 6.13. The highest BCUT2D eigenvalue weighted by molar-refractivity contribution is 5.88. The highest BCUT2D eigenvalue weighted by atomic mass is 19.1. The molecule has 0 aliphatic carbocycles. The van der Waals surface area contributed by atoms with E-state index < -0.39 is 11.9 Å². The predicted molar refractivity (Wildman–Crippen MR) is 109 cm³/mol. The first-order valence-corrected chi connectivity index (χ1v) is 9.83. The minimum atomic E-state index is -0.603. The molecule has 2 amide bonds. The van der Waals surface area contributed by atoms with Crippen molar-refractivity contribution < 1.29 is 14.0 Å². The SMILES string of the molecule is CC[C@H](C)NC(=O)[C@H](CC)N(Cc1ccccc1)C(=O)Cc1ccccc1F. The van der Waals surface area contributed by atoms with Crippen molar-refractivity contribution in [2.45, 2.75) is 58.7 Å². The van der Waals surface area contributed by atoms with Crippen LogP contribution in [0.15, 0.2) is 54.6 Å². The summed E-state index contributed by atoms with van der Waals surface area (Å²) in [5, 5.41) is 2.97. The van der Waals surface area contributed by atoms with Crippen LogP contribution >= 0.6 is 0 Å². The zero-order chi connectivity index (χ0) is 20.5. The topological polar surface area (TPSA) is 49.4 Å². The van der Waals surface area contributed by atoms with E-state index in [-0.39, 0.29) is 24.3 Å². The number of halogens is 1. The molecule has 0 radical (unpaired) electrons. The molecule has 2 rings (SSSR count). The summed E-state index contributed by atoms with van der Waals surface area (Å²) in [5.41, 5.74) is 1.27. The van der Waals surface area contributed by atoms with E-state index in [1.54, 1.807) is 23.1 Å². The van der Waals surface area contributed by atoms with Gasteiger partial charge in [0.05, 0.1) is 6.42 Å². The Hall–Kier alpha value is -2.69. The van der Waals surface area contributed by atoms with Gasteiger partial charge in [-0.25, -0.2) is 4.39 Å². The van der Waals surface area contributed by atoms with E-state index in [1.165, 1.54) is 6.07 Å². The largest absolute Gasteiger partial charge is 0.352 e. The summed E-state index contributed by atoms with van der Waals surface area (Å²) in [4.78, 5) is 27.5. The van der Waals surface area contributed by atoms with E-state index in [1.807, 2.05) is 51.1 Å². The molecule has 0 spiro atoms. The van der Waals surface area contributed by atoms with Crippen LogP contribution in [0.1, 0.15) is 44.7 Å². The number of nitrogens with one attached hydrogen (secondary N) is 1. The fourth-order valence-electron chi connectivity index (χ4n) is 3.05. The van der Waals surface area contributed by atoms with Crippen LogP contribution in [-0.4, -0.2) is 28.8 Å². The van der Waals surface area contributed by atoms with Crippen molar-refractivity contribution in [3.8, 4) is 0 Å². The first-order chi connectivity index (χ1) is 13.5. The maximum atomic E-state index is 14.0. The number of rotatable bonds is 9. The summed E-state index contributed by atoms with van der Waals surface area (Å²) in [5.74, 6) is -0.845. The van der Waals surface area contributed by atoms with Gasteiger partial charge in [0.25, 0.3) is 0 Å². The Morgan fingerprint density at radius 2 is 1.64 bits per heavy atom. The second-order valence-corrected chi connectivity index (χ2v) is 7.02. The number of benzene rings is 2. The number of hydrogen-bond donors (Lipinski definition) is 1. The Bertz CT molecular complexity index is 779. The molecule has 0 saturated carbocycles. The summed E-state index contributed by atoms with van der Waals surface area (Å²) in [7, 11) is 0. The van der Waals surface area contributed by atoms with Crippen LogP contribution in [0.3, 0.4) is 0 Å². The van der Waals surface area contributed by atoms with Crippen molar-refractivity contribution >= 4 is 11.8 Å². The van der Waals surface area contributed by atoms with Crippen LogP contribution in [0.2, 0.25) is 0 Å². The normalized spacial score (nSPS) is 12.9. The highest BCUT2D eigenvalue weighted by Crippen LogP contribution is 2.16. The van der Waals surface area contributed by atoms with Crippen molar-refractivity contribution in [3.05, 3.63) is 71.5 Å². The monoisotopic (exact) mass is 384 g/mol. The minimum Gasteiger partial charge on any atom is -0.352 e. The number of nitrogens with zero attached hydrogens (tertiary/aromatic N) is 1. The molecule has 0 aromatic heterocycles. The molecular weight excluding hydrogens is 355 g/mol. The summed E-state index contributed by atoms with van der Waals surface area (Å²) in [6, 6.07) is 15.2. The van der Waals surface area contributed by atoms with Crippen molar-refractivity contribution in [1.29, 1.82) is 0 Å². The molecule has 0 aliphatic heterocycles. The van der Waals surface area contributed by atoms with E-state index >= 15 is 0 Å². The molecule has 150 valence electrons. The number of carbonyl (C=O) groups is 2. The molecule has 1 N–H and O–H groups in total. The van der Waals surface area contributed by atoms with Crippen LogP contribution in [-0.2, 0) is 22.6 Å². The van der Waals surface area contributed by atoms with Gasteiger partial charge in [0, 0.05) is 12.6 Å². The average Bonchev–Trinajstić information content (AvgIpc) is 2.70. The van der Waals surface area contributed by atoms with E-state index in [2.05, 4.69) is 5.32 Å². The van der Waals surface area contributed by atoms with Crippen LogP contribution in [0.25, 0.3) is 0 Å². The minimum absolute atomic E-state index is 0.0294. The maximum absolute atomic E-state index is 14.0. The summed E-state index contributed by atoms with van der Waals surface area (Å²) in [6.07, 6.45) is 1.22. The smallest absolute Gasteiger partial charge is 0.243 e. The zero-order valence-electron chi connectivity index (χ0n) is 16.8. The molecule has 0 aliphatic rings. The van der Waals surface area contributed by atoms with E-state index in [0.29, 0.717) is 18.5 Å². The molecule has 0 unspecified atom stereocenters. The van der Waals surface area contributed by atoms with Gasteiger partial charge >= 0.3 is 0 Å². The Balaban J connectivity index is 2.27. The van der Waals surface area contributed by atoms with Crippen LogP contribution < -0.4 is 5.32 Å². The molecule has 0 bridgehead atoms. The third kappa shape index (κ3) is 5.91. The number of amides is 2. The second kappa shape index (κ2) is 10.6. The van der Waals surface area contributed by atoms with Crippen molar-refractivity contribution in [2.75, 3.05) is 0 Å². The van der Waals surface area contributed by atoms with Crippen molar-refractivity contribution in [2.24, 2.45) is 0 Å². The lowest BCUT2D eigenvalue weighted by molar-refractivity contribution is -0.141. The standard InChI is InChI=1S/C23H29FN2O2/c1-4-17(3)25-23(28)21(5-2)26(16-18-11-7-6-8-12-18)22(27)15-19-13-9-10-14-20(19)24/h6-14,17,21H,4-5,15-16H2,1-3H3,(H,25,28)/t17-,21-/m0/s1. The quantitative estimate of drug-likeness (QED) is 0.708. The van der Waals surface area contributed by atoms with Gasteiger partial charge in [-0.3, -0.25) is 9.59 Å². The van der Waals surface area contributed by atoms with Gasteiger partial charge in [0.15, 0.2) is 0 Å². The predicted octanol–water partition coefficient (Wildman–Crippen LogP) is 4.09. The molecular formula is C23H29FN2O2. The van der Waals surface area contributed by atoms with Gasteiger partial charge in [-0.1, -0.05) is 62.4 Å². The molecule has 28 heavy (non-hydrogen) atoms. The average molecular weight is 384 g/mol. The molecule has 5 heteroatoms. The highest BCUT2D eigenvalue weighted by Gasteiger charge is 2.29. The van der Waals surface area contributed by atoms with E-state index in [9.17, 15) is 14.0 Å². The third-order valence-corrected chi connectivity index (χ3v) is 4.88. The molecule has 2 atom stereocenters. The van der Waals surface area contributed by atoms with Gasteiger partial charge in [0.2, 0.25) is 11.8 Å². The lowest BCUT2D eigenvalue weighted by Crippen LogP contribution is -2.51. The Kier molecular flexibility index (Phi) is 8.18. The summed E-state index contributed by atoms with van der Waals surface area (Å²) < 4.78 is 14.0. The van der Waals surface area contributed by atoms with E-state index in [4.69, 9.17) is 0 Å². The van der Waals surface area contributed by atoms with Gasteiger partial charge in [0.1, 0.15) is 11.9 Å². The molecule has 0 fully saturated rings. The van der Waals surface area contributed by atoms with Crippen LogP contribution in [0.4, 0.5) is 4.39 Å². The first-order valence-electron chi connectivity index (χ1n) is 9.83. The third-order valence-electron chi connectivity index (χ3n) is 4.88.